The Balaban J connectivity index is 1.52. The van der Waals surface area contributed by atoms with Crippen LogP contribution in [0.3, 0.4) is 0 Å². The quantitative estimate of drug-likeness (QED) is 0.774. The van der Waals surface area contributed by atoms with Gasteiger partial charge in [-0.2, -0.15) is 0 Å². The Morgan fingerprint density at radius 3 is 2.41 bits per heavy atom. The van der Waals surface area contributed by atoms with Crippen LogP contribution in [0.15, 0.2) is 24.3 Å². The number of piperidine rings is 1. The highest BCUT2D eigenvalue weighted by molar-refractivity contribution is 5.89. The number of ether oxygens (including phenoxy) is 2. The normalized spacial score (nSPS) is 24.0. The van der Waals surface area contributed by atoms with Crippen molar-refractivity contribution in [1.82, 2.24) is 9.80 Å². The van der Waals surface area contributed by atoms with E-state index in [1.165, 1.54) is 24.3 Å². The van der Waals surface area contributed by atoms with Crippen molar-refractivity contribution in [2.45, 2.75) is 44.6 Å². The standard InChI is InChI=1S/C22H29FN2O4/c23-17-4-6-18(7-5-17)29-16-19(26)25-13-3-8-22(9-14-28-15-10-22)20(25)21(27)24-11-1-2-12-24/h4-7,20H,1-3,8-16H2. The number of rotatable bonds is 4. The average Bonchev–Trinajstić information content (AvgIpc) is 3.28. The van der Waals surface area contributed by atoms with Gasteiger partial charge in [-0.25, -0.2) is 4.39 Å². The Morgan fingerprint density at radius 2 is 1.72 bits per heavy atom. The van der Waals surface area contributed by atoms with Gasteiger partial charge < -0.3 is 19.3 Å². The molecule has 3 aliphatic heterocycles. The molecule has 3 fully saturated rings. The van der Waals surface area contributed by atoms with Crippen LogP contribution in [0.25, 0.3) is 0 Å². The van der Waals surface area contributed by atoms with Gasteiger partial charge in [-0.05, 0) is 62.8 Å². The van der Waals surface area contributed by atoms with E-state index in [0.29, 0.717) is 25.5 Å². The summed E-state index contributed by atoms with van der Waals surface area (Å²) in [6, 6.07) is 5.18. The number of likely N-dealkylation sites (tertiary alicyclic amines) is 2. The first-order valence-corrected chi connectivity index (χ1v) is 10.6. The van der Waals surface area contributed by atoms with Crippen molar-refractivity contribution in [2.75, 3.05) is 39.5 Å². The van der Waals surface area contributed by atoms with E-state index in [2.05, 4.69) is 0 Å². The summed E-state index contributed by atoms with van der Waals surface area (Å²) in [5, 5.41) is 0. The molecule has 3 heterocycles. The Hall–Kier alpha value is -2.15. The van der Waals surface area contributed by atoms with Gasteiger partial charge in [0.05, 0.1) is 0 Å². The maximum atomic E-state index is 13.5. The Bertz CT molecular complexity index is 721. The predicted molar refractivity (Wildman–Crippen MR) is 105 cm³/mol. The molecule has 0 saturated carbocycles. The third-order valence-corrected chi connectivity index (χ3v) is 6.60. The molecule has 158 valence electrons. The first-order chi connectivity index (χ1) is 14.1. The summed E-state index contributed by atoms with van der Waals surface area (Å²) >= 11 is 0. The molecule has 0 bridgehead atoms. The van der Waals surface area contributed by atoms with Crippen LogP contribution < -0.4 is 4.74 Å². The largest absolute Gasteiger partial charge is 0.484 e. The number of hydrogen-bond donors (Lipinski definition) is 0. The van der Waals surface area contributed by atoms with Crippen LogP contribution in [0.4, 0.5) is 4.39 Å². The monoisotopic (exact) mass is 404 g/mol. The molecule has 0 aliphatic carbocycles. The zero-order valence-electron chi connectivity index (χ0n) is 16.8. The van der Waals surface area contributed by atoms with Gasteiger partial charge in [-0.3, -0.25) is 9.59 Å². The van der Waals surface area contributed by atoms with E-state index in [1.54, 1.807) is 4.90 Å². The highest BCUT2D eigenvalue weighted by Gasteiger charge is 2.51. The molecule has 6 nitrogen and oxygen atoms in total. The maximum Gasteiger partial charge on any atom is 0.261 e. The summed E-state index contributed by atoms with van der Waals surface area (Å²) in [6.45, 7) is 3.24. The van der Waals surface area contributed by atoms with Crippen LogP contribution in [0.5, 0.6) is 5.75 Å². The molecule has 3 saturated heterocycles. The second-order valence-electron chi connectivity index (χ2n) is 8.34. The van der Waals surface area contributed by atoms with Crippen LogP contribution in [0.2, 0.25) is 0 Å². The molecule has 1 unspecified atom stereocenters. The summed E-state index contributed by atoms with van der Waals surface area (Å²) in [4.78, 5) is 30.3. The molecule has 2 amide bonds. The number of benzene rings is 1. The minimum Gasteiger partial charge on any atom is -0.484 e. The van der Waals surface area contributed by atoms with Crippen molar-refractivity contribution < 1.29 is 23.5 Å². The molecule has 1 atom stereocenters. The Labute approximate surface area is 170 Å². The first-order valence-electron chi connectivity index (χ1n) is 10.6. The van der Waals surface area contributed by atoms with E-state index in [9.17, 15) is 14.0 Å². The Morgan fingerprint density at radius 1 is 1.03 bits per heavy atom. The van der Waals surface area contributed by atoms with Gasteiger partial charge in [0, 0.05) is 38.3 Å². The molecular formula is C22H29FN2O4. The molecule has 4 rings (SSSR count). The van der Waals surface area contributed by atoms with E-state index < -0.39 is 6.04 Å². The van der Waals surface area contributed by atoms with Gasteiger partial charge in [0.1, 0.15) is 17.6 Å². The molecular weight excluding hydrogens is 375 g/mol. The van der Waals surface area contributed by atoms with Gasteiger partial charge >= 0.3 is 0 Å². The van der Waals surface area contributed by atoms with Crippen molar-refractivity contribution >= 4 is 11.8 Å². The van der Waals surface area contributed by atoms with E-state index in [4.69, 9.17) is 9.47 Å². The van der Waals surface area contributed by atoms with E-state index >= 15 is 0 Å². The van der Waals surface area contributed by atoms with Crippen LogP contribution in [-0.4, -0.2) is 67.1 Å². The molecule has 3 aliphatic rings. The van der Waals surface area contributed by atoms with Crippen molar-refractivity contribution in [3.05, 3.63) is 30.1 Å². The lowest BCUT2D eigenvalue weighted by molar-refractivity contribution is -0.161. The summed E-state index contributed by atoms with van der Waals surface area (Å²) in [5.41, 5.74) is -0.207. The highest BCUT2D eigenvalue weighted by atomic mass is 19.1. The van der Waals surface area contributed by atoms with Crippen molar-refractivity contribution in [2.24, 2.45) is 5.41 Å². The number of amides is 2. The van der Waals surface area contributed by atoms with Crippen molar-refractivity contribution in [3.63, 3.8) is 0 Å². The molecule has 0 aromatic heterocycles. The fourth-order valence-electron chi connectivity index (χ4n) is 5.03. The SMILES string of the molecule is O=C(C1N(C(=O)COc2ccc(F)cc2)CCCC12CCOCC2)N1CCCC1. The Kier molecular flexibility index (Phi) is 6.04. The summed E-state index contributed by atoms with van der Waals surface area (Å²) in [7, 11) is 0. The minimum absolute atomic E-state index is 0.0826. The average molecular weight is 404 g/mol. The summed E-state index contributed by atoms with van der Waals surface area (Å²) < 4.78 is 24.3. The number of nitrogens with zero attached hydrogens (tertiary/aromatic N) is 2. The molecule has 1 spiro atoms. The van der Waals surface area contributed by atoms with E-state index in [-0.39, 0.29) is 29.7 Å². The van der Waals surface area contributed by atoms with Crippen LogP contribution in [-0.2, 0) is 14.3 Å². The topological polar surface area (TPSA) is 59.1 Å². The molecule has 29 heavy (non-hydrogen) atoms. The zero-order valence-corrected chi connectivity index (χ0v) is 16.8. The molecule has 1 aromatic rings. The van der Waals surface area contributed by atoms with Crippen LogP contribution in [0, 0.1) is 11.2 Å². The number of carbonyl (C=O) groups excluding carboxylic acids is 2. The van der Waals surface area contributed by atoms with Crippen LogP contribution in [0.1, 0.15) is 38.5 Å². The summed E-state index contributed by atoms with van der Waals surface area (Å²) in [6.07, 6.45) is 5.49. The predicted octanol–water partition coefficient (Wildman–Crippen LogP) is 2.61. The van der Waals surface area contributed by atoms with E-state index in [1.807, 2.05) is 4.90 Å². The second-order valence-corrected chi connectivity index (χ2v) is 8.34. The smallest absolute Gasteiger partial charge is 0.261 e. The van der Waals surface area contributed by atoms with Crippen molar-refractivity contribution in [1.29, 1.82) is 0 Å². The fourth-order valence-corrected chi connectivity index (χ4v) is 5.03. The van der Waals surface area contributed by atoms with Gasteiger partial charge in [0.2, 0.25) is 5.91 Å². The van der Waals surface area contributed by atoms with Gasteiger partial charge in [-0.1, -0.05) is 0 Å². The molecule has 0 N–H and O–H groups in total. The number of carbonyl (C=O) groups is 2. The third kappa shape index (κ3) is 4.25. The second kappa shape index (κ2) is 8.69. The van der Waals surface area contributed by atoms with Gasteiger partial charge in [0.15, 0.2) is 6.61 Å². The highest BCUT2D eigenvalue weighted by Crippen LogP contribution is 2.45. The lowest BCUT2D eigenvalue weighted by Crippen LogP contribution is -2.63. The lowest BCUT2D eigenvalue weighted by atomic mass is 9.67. The van der Waals surface area contributed by atoms with E-state index in [0.717, 1.165) is 51.6 Å². The third-order valence-electron chi connectivity index (χ3n) is 6.60. The molecule has 0 radical (unpaired) electrons. The van der Waals surface area contributed by atoms with Gasteiger partial charge in [0.25, 0.3) is 5.91 Å². The zero-order chi connectivity index (χ0) is 20.3. The first kappa shape index (κ1) is 20.1. The molecule has 7 heteroatoms. The van der Waals surface area contributed by atoms with Crippen LogP contribution >= 0.6 is 0 Å². The number of hydrogen-bond acceptors (Lipinski definition) is 4. The minimum atomic E-state index is -0.442. The van der Waals surface area contributed by atoms with Crippen molar-refractivity contribution in [3.8, 4) is 5.75 Å². The summed E-state index contributed by atoms with van der Waals surface area (Å²) in [5.74, 6) is -0.00549. The fraction of sp³-hybridized carbons (Fsp3) is 0.636. The molecule has 1 aromatic carbocycles. The van der Waals surface area contributed by atoms with Gasteiger partial charge in [-0.15, -0.1) is 0 Å². The lowest BCUT2D eigenvalue weighted by Gasteiger charge is -2.51. The number of halogens is 1. The maximum absolute atomic E-state index is 13.5.